The third-order valence-corrected chi connectivity index (χ3v) is 3.39. The van der Waals surface area contributed by atoms with Crippen molar-refractivity contribution in [3.8, 4) is 0 Å². The predicted octanol–water partition coefficient (Wildman–Crippen LogP) is 1.66. The van der Waals surface area contributed by atoms with Crippen LogP contribution in [0.1, 0.15) is 20.8 Å². The molecule has 1 fully saturated rings. The molecule has 0 aromatic rings. The van der Waals surface area contributed by atoms with E-state index in [-0.39, 0.29) is 18.0 Å². The zero-order chi connectivity index (χ0) is 13.9. The molecule has 1 saturated heterocycles. The first-order valence-corrected chi connectivity index (χ1v) is 6.27. The molecule has 0 unspecified atom stereocenters. The number of hydrogen-bond acceptors (Lipinski definition) is 2. The van der Waals surface area contributed by atoms with Gasteiger partial charge >= 0.3 is 12.0 Å². The Balaban J connectivity index is 2.73. The van der Waals surface area contributed by atoms with Gasteiger partial charge in [0.2, 0.25) is 0 Å². The Bertz CT molecular complexity index is 341. The van der Waals surface area contributed by atoms with Gasteiger partial charge in [-0.15, -0.1) is 6.58 Å². The summed E-state index contributed by atoms with van der Waals surface area (Å²) < 4.78 is 0. The van der Waals surface area contributed by atoms with Crippen LogP contribution in [0.25, 0.3) is 0 Å². The van der Waals surface area contributed by atoms with E-state index in [9.17, 15) is 9.59 Å². The number of rotatable bonds is 4. The molecule has 0 radical (unpaired) electrons. The minimum atomic E-state index is -0.822. The summed E-state index contributed by atoms with van der Waals surface area (Å²) in [5.41, 5.74) is 0. The number of aliphatic carboxylic acids is 1. The normalized spacial score (nSPS) is 23.2. The van der Waals surface area contributed by atoms with E-state index >= 15 is 0 Å². The topological polar surface area (TPSA) is 60.9 Å². The van der Waals surface area contributed by atoms with Crippen LogP contribution in [0.4, 0.5) is 4.79 Å². The van der Waals surface area contributed by atoms with Crippen molar-refractivity contribution >= 4 is 12.0 Å². The first kappa shape index (κ1) is 14.5. The number of urea groups is 1. The van der Waals surface area contributed by atoms with Crippen molar-refractivity contribution in [2.75, 3.05) is 19.6 Å². The van der Waals surface area contributed by atoms with Crippen molar-refractivity contribution < 1.29 is 14.7 Å². The fourth-order valence-electron chi connectivity index (χ4n) is 2.27. The molecule has 0 aromatic carbocycles. The van der Waals surface area contributed by atoms with E-state index in [1.165, 1.54) is 0 Å². The molecule has 5 heteroatoms. The molecule has 18 heavy (non-hydrogen) atoms. The highest BCUT2D eigenvalue weighted by Gasteiger charge is 2.38. The number of carboxylic acid groups (broad SMARTS) is 1. The highest BCUT2D eigenvalue weighted by atomic mass is 16.4. The van der Waals surface area contributed by atoms with Crippen LogP contribution in [-0.4, -0.2) is 52.6 Å². The maximum Gasteiger partial charge on any atom is 0.320 e. The number of carboxylic acids is 1. The van der Waals surface area contributed by atoms with Gasteiger partial charge in [-0.25, -0.2) is 4.79 Å². The molecule has 0 bridgehead atoms. The third kappa shape index (κ3) is 3.03. The maximum atomic E-state index is 12.3. The fourth-order valence-corrected chi connectivity index (χ4v) is 2.27. The number of hydrogen-bond donors (Lipinski definition) is 1. The molecule has 2 amide bonds. The van der Waals surface area contributed by atoms with Gasteiger partial charge in [0.25, 0.3) is 0 Å². The number of amides is 2. The lowest BCUT2D eigenvalue weighted by atomic mass is 9.99. The second kappa shape index (κ2) is 5.89. The molecular formula is C13H22N2O3. The monoisotopic (exact) mass is 254 g/mol. The summed E-state index contributed by atoms with van der Waals surface area (Å²) in [5, 5.41) is 9.07. The molecule has 5 nitrogen and oxygen atoms in total. The molecule has 1 aliphatic rings. The summed E-state index contributed by atoms with van der Waals surface area (Å²) in [4.78, 5) is 26.7. The summed E-state index contributed by atoms with van der Waals surface area (Å²) in [6.07, 6.45) is 1.69. The van der Waals surface area contributed by atoms with Gasteiger partial charge in [0.15, 0.2) is 0 Å². The van der Waals surface area contributed by atoms with Gasteiger partial charge in [0.05, 0.1) is 5.92 Å². The third-order valence-electron chi connectivity index (χ3n) is 3.39. The van der Waals surface area contributed by atoms with Crippen LogP contribution in [0, 0.1) is 11.8 Å². The molecule has 1 rings (SSSR count). The Labute approximate surface area is 108 Å². The first-order valence-electron chi connectivity index (χ1n) is 6.27. The van der Waals surface area contributed by atoms with Gasteiger partial charge in [0, 0.05) is 25.7 Å². The molecule has 102 valence electrons. The van der Waals surface area contributed by atoms with Crippen LogP contribution in [0.5, 0.6) is 0 Å². The maximum absolute atomic E-state index is 12.3. The molecule has 0 aromatic heterocycles. The van der Waals surface area contributed by atoms with Gasteiger partial charge in [0.1, 0.15) is 0 Å². The molecule has 1 aliphatic heterocycles. The van der Waals surface area contributed by atoms with E-state index in [0.29, 0.717) is 19.6 Å². The highest BCUT2D eigenvalue weighted by molar-refractivity contribution is 5.78. The average molecular weight is 254 g/mol. The predicted molar refractivity (Wildman–Crippen MR) is 69.3 cm³/mol. The zero-order valence-electron chi connectivity index (χ0n) is 11.3. The molecule has 0 saturated carbocycles. The molecule has 0 aliphatic carbocycles. The van der Waals surface area contributed by atoms with E-state index < -0.39 is 11.9 Å². The summed E-state index contributed by atoms with van der Waals surface area (Å²) in [6, 6.07) is -0.0183. The van der Waals surface area contributed by atoms with E-state index in [1.807, 2.05) is 20.8 Å². The van der Waals surface area contributed by atoms with Crippen LogP contribution in [0.3, 0.4) is 0 Å². The summed E-state index contributed by atoms with van der Waals surface area (Å²) >= 11 is 0. The lowest BCUT2D eigenvalue weighted by molar-refractivity contribution is -0.142. The Morgan fingerprint density at radius 1 is 1.50 bits per heavy atom. The minimum Gasteiger partial charge on any atom is -0.481 e. The van der Waals surface area contributed by atoms with Crippen molar-refractivity contribution in [1.29, 1.82) is 0 Å². The second-order valence-corrected chi connectivity index (χ2v) is 5.14. The van der Waals surface area contributed by atoms with Gasteiger partial charge < -0.3 is 14.9 Å². The average Bonchev–Trinajstić information content (AvgIpc) is 2.67. The smallest absolute Gasteiger partial charge is 0.320 e. The van der Waals surface area contributed by atoms with Crippen molar-refractivity contribution in [3.63, 3.8) is 0 Å². The highest BCUT2D eigenvalue weighted by Crippen LogP contribution is 2.24. The molecule has 2 atom stereocenters. The van der Waals surface area contributed by atoms with E-state index in [0.717, 1.165) is 0 Å². The number of carbonyl (C=O) groups is 2. The van der Waals surface area contributed by atoms with E-state index in [2.05, 4.69) is 6.58 Å². The quantitative estimate of drug-likeness (QED) is 0.776. The van der Waals surface area contributed by atoms with E-state index in [1.54, 1.807) is 15.9 Å². The van der Waals surface area contributed by atoms with Crippen LogP contribution in [-0.2, 0) is 4.79 Å². The SMILES string of the molecule is C=CCN(C(=O)N1C[C@@H](C)[C@H](C(=O)O)C1)C(C)C. The zero-order valence-corrected chi connectivity index (χ0v) is 11.3. The Kier molecular flexibility index (Phi) is 4.76. The first-order chi connectivity index (χ1) is 8.38. The van der Waals surface area contributed by atoms with Crippen LogP contribution in [0.2, 0.25) is 0 Å². The summed E-state index contributed by atoms with van der Waals surface area (Å²) in [7, 11) is 0. The Hall–Kier alpha value is -1.52. The standard InChI is InChI=1S/C13H22N2O3/c1-5-6-15(9(2)3)13(18)14-7-10(4)11(8-14)12(16)17/h5,9-11H,1,6-8H2,2-4H3,(H,16,17)/t10-,11-/m1/s1. The molecule has 1 heterocycles. The Morgan fingerprint density at radius 2 is 2.11 bits per heavy atom. The number of likely N-dealkylation sites (tertiary alicyclic amines) is 1. The molecule has 0 spiro atoms. The molecule has 1 N–H and O–H groups in total. The lowest BCUT2D eigenvalue weighted by Gasteiger charge is -2.30. The van der Waals surface area contributed by atoms with Crippen molar-refractivity contribution in [2.45, 2.75) is 26.8 Å². The van der Waals surface area contributed by atoms with Crippen LogP contribution in [0.15, 0.2) is 12.7 Å². The van der Waals surface area contributed by atoms with Crippen LogP contribution >= 0.6 is 0 Å². The van der Waals surface area contributed by atoms with Gasteiger partial charge in [-0.1, -0.05) is 13.0 Å². The van der Waals surface area contributed by atoms with Gasteiger partial charge in [-0.3, -0.25) is 4.79 Å². The van der Waals surface area contributed by atoms with Gasteiger partial charge in [-0.05, 0) is 19.8 Å². The van der Waals surface area contributed by atoms with Crippen LogP contribution < -0.4 is 0 Å². The summed E-state index contributed by atoms with van der Waals surface area (Å²) in [6.45, 7) is 10.7. The Morgan fingerprint density at radius 3 is 2.50 bits per heavy atom. The number of nitrogens with zero attached hydrogens (tertiary/aromatic N) is 2. The van der Waals surface area contributed by atoms with Crippen molar-refractivity contribution in [2.24, 2.45) is 11.8 Å². The fraction of sp³-hybridized carbons (Fsp3) is 0.692. The van der Waals surface area contributed by atoms with Crippen molar-refractivity contribution in [1.82, 2.24) is 9.80 Å². The minimum absolute atomic E-state index is 0.00388. The lowest BCUT2D eigenvalue weighted by Crippen LogP contribution is -2.45. The second-order valence-electron chi connectivity index (χ2n) is 5.14. The number of carbonyl (C=O) groups excluding carboxylic acids is 1. The van der Waals surface area contributed by atoms with Crippen molar-refractivity contribution in [3.05, 3.63) is 12.7 Å². The van der Waals surface area contributed by atoms with Gasteiger partial charge in [-0.2, -0.15) is 0 Å². The summed E-state index contributed by atoms with van der Waals surface area (Å²) in [5.74, 6) is -1.27. The largest absolute Gasteiger partial charge is 0.481 e. The van der Waals surface area contributed by atoms with E-state index in [4.69, 9.17) is 5.11 Å². The molecular weight excluding hydrogens is 232 g/mol.